The molecule has 1 saturated heterocycles. The Bertz CT molecular complexity index is 738. The van der Waals surface area contributed by atoms with Gasteiger partial charge in [-0.15, -0.1) is 0 Å². The molecule has 1 aromatic carbocycles. The van der Waals surface area contributed by atoms with Crippen LogP contribution in [-0.4, -0.2) is 55.5 Å². The van der Waals surface area contributed by atoms with E-state index in [9.17, 15) is 9.59 Å². The summed E-state index contributed by atoms with van der Waals surface area (Å²) in [5, 5.41) is 2.89. The summed E-state index contributed by atoms with van der Waals surface area (Å²) < 4.78 is 5.12. The molecule has 3 rings (SSSR count). The summed E-state index contributed by atoms with van der Waals surface area (Å²) >= 11 is 0. The molecule has 2 amide bonds. The van der Waals surface area contributed by atoms with Crippen molar-refractivity contribution in [1.82, 2.24) is 15.2 Å². The first-order valence-corrected chi connectivity index (χ1v) is 8.51. The summed E-state index contributed by atoms with van der Waals surface area (Å²) in [4.78, 5) is 31.3. The number of hydrogen-bond donors (Lipinski definition) is 1. The minimum atomic E-state index is -0.161. The summed E-state index contributed by atoms with van der Waals surface area (Å²) in [6, 6.07) is 11.2. The van der Waals surface area contributed by atoms with Gasteiger partial charge in [0.15, 0.2) is 0 Å². The van der Waals surface area contributed by atoms with Crippen molar-refractivity contribution in [2.45, 2.75) is 6.54 Å². The first-order chi connectivity index (χ1) is 12.7. The predicted octanol–water partition coefficient (Wildman–Crippen LogP) is 1.30. The van der Waals surface area contributed by atoms with Crippen molar-refractivity contribution in [3.8, 4) is 5.75 Å². The molecule has 1 aliphatic rings. The van der Waals surface area contributed by atoms with Gasteiger partial charge in [-0.1, -0.05) is 12.1 Å². The van der Waals surface area contributed by atoms with Crippen molar-refractivity contribution in [2.24, 2.45) is 0 Å². The van der Waals surface area contributed by atoms with Crippen LogP contribution in [0.25, 0.3) is 0 Å². The maximum absolute atomic E-state index is 12.3. The number of benzene rings is 1. The van der Waals surface area contributed by atoms with E-state index in [4.69, 9.17) is 4.74 Å². The normalized spacial score (nSPS) is 14.0. The number of aromatic nitrogens is 1. The van der Waals surface area contributed by atoms with Crippen molar-refractivity contribution in [2.75, 3.05) is 38.2 Å². The lowest BCUT2D eigenvalue weighted by Crippen LogP contribution is -2.46. The second-order valence-corrected chi connectivity index (χ2v) is 6.06. The van der Waals surface area contributed by atoms with Crippen LogP contribution in [-0.2, 0) is 11.3 Å². The van der Waals surface area contributed by atoms with Crippen LogP contribution in [0, 0.1) is 0 Å². The van der Waals surface area contributed by atoms with Crippen LogP contribution in [0.15, 0.2) is 42.6 Å². The highest BCUT2D eigenvalue weighted by atomic mass is 16.5. The molecule has 0 unspecified atom stereocenters. The van der Waals surface area contributed by atoms with Gasteiger partial charge in [-0.25, -0.2) is 4.98 Å². The molecule has 1 aliphatic heterocycles. The number of piperazine rings is 1. The van der Waals surface area contributed by atoms with Crippen LogP contribution < -0.4 is 15.0 Å². The molecule has 1 N–H and O–H groups in total. The van der Waals surface area contributed by atoms with E-state index in [1.165, 1.54) is 0 Å². The molecule has 2 aromatic rings. The molecular weight excluding hydrogens is 332 g/mol. The molecule has 0 atom stereocenters. The Labute approximate surface area is 152 Å². The zero-order valence-electron chi connectivity index (χ0n) is 14.7. The van der Waals surface area contributed by atoms with Crippen LogP contribution in [0.2, 0.25) is 0 Å². The Morgan fingerprint density at radius 2 is 1.88 bits per heavy atom. The third-order valence-electron chi connectivity index (χ3n) is 4.41. The Balaban J connectivity index is 1.54. The maximum Gasteiger partial charge on any atom is 0.253 e. The molecule has 136 valence electrons. The highest BCUT2D eigenvalue weighted by Gasteiger charge is 2.17. The Hall–Kier alpha value is -3.09. The average molecular weight is 354 g/mol. The molecule has 0 bridgehead atoms. The second-order valence-electron chi connectivity index (χ2n) is 6.06. The highest BCUT2D eigenvalue weighted by Crippen LogP contribution is 2.14. The molecule has 0 aliphatic carbocycles. The number of pyridine rings is 1. The van der Waals surface area contributed by atoms with E-state index in [1.54, 1.807) is 24.3 Å². The van der Waals surface area contributed by atoms with Crippen LogP contribution in [0.1, 0.15) is 15.9 Å². The number of carbonyl (C=O) groups excluding carboxylic acids is 2. The third kappa shape index (κ3) is 4.30. The number of amides is 2. The van der Waals surface area contributed by atoms with E-state index in [-0.39, 0.29) is 5.91 Å². The van der Waals surface area contributed by atoms with E-state index < -0.39 is 0 Å². The van der Waals surface area contributed by atoms with Crippen molar-refractivity contribution in [3.63, 3.8) is 0 Å². The molecule has 0 saturated carbocycles. The molecule has 1 fully saturated rings. The lowest BCUT2D eigenvalue weighted by Gasteiger charge is -2.33. The summed E-state index contributed by atoms with van der Waals surface area (Å²) in [7, 11) is 1.62. The summed E-state index contributed by atoms with van der Waals surface area (Å²) in [6.07, 6.45) is 2.46. The lowest BCUT2D eigenvalue weighted by molar-refractivity contribution is -0.118. The fraction of sp³-hybridized carbons (Fsp3) is 0.316. The van der Waals surface area contributed by atoms with Crippen LogP contribution in [0.5, 0.6) is 5.75 Å². The van der Waals surface area contributed by atoms with Gasteiger partial charge in [0.05, 0.1) is 12.7 Å². The third-order valence-corrected chi connectivity index (χ3v) is 4.41. The van der Waals surface area contributed by atoms with Gasteiger partial charge in [-0.05, 0) is 29.8 Å². The fourth-order valence-electron chi connectivity index (χ4n) is 2.79. The molecule has 0 spiro atoms. The number of nitrogens with one attached hydrogen (secondary N) is 1. The standard InChI is InChI=1S/C19H22N4O3/c1-26-17-5-2-15(3-6-17)12-21-19(25)16-4-7-18(20-13-16)23-10-8-22(14-24)9-11-23/h2-7,13-14H,8-12H2,1H3,(H,21,25). The minimum absolute atomic E-state index is 0.161. The number of hydrogen-bond acceptors (Lipinski definition) is 5. The van der Waals surface area contributed by atoms with Gasteiger partial charge in [0.1, 0.15) is 11.6 Å². The van der Waals surface area contributed by atoms with Crippen molar-refractivity contribution < 1.29 is 14.3 Å². The largest absolute Gasteiger partial charge is 0.497 e. The van der Waals surface area contributed by atoms with Gasteiger partial charge >= 0.3 is 0 Å². The average Bonchev–Trinajstić information content (AvgIpc) is 2.72. The van der Waals surface area contributed by atoms with E-state index in [1.807, 2.05) is 30.3 Å². The van der Waals surface area contributed by atoms with Crippen molar-refractivity contribution in [3.05, 3.63) is 53.7 Å². The van der Waals surface area contributed by atoms with Gasteiger partial charge in [0.2, 0.25) is 6.41 Å². The Morgan fingerprint density at radius 3 is 2.46 bits per heavy atom. The van der Waals surface area contributed by atoms with Gasteiger partial charge in [-0.2, -0.15) is 0 Å². The van der Waals surface area contributed by atoms with Gasteiger partial charge < -0.3 is 19.9 Å². The number of methoxy groups -OCH3 is 1. The monoisotopic (exact) mass is 354 g/mol. The Kier molecular flexibility index (Phi) is 5.68. The number of nitrogens with zero attached hydrogens (tertiary/aromatic N) is 3. The first-order valence-electron chi connectivity index (χ1n) is 8.51. The fourth-order valence-corrected chi connectivity index (χ4v) is 2.79. The molecule has 7 nitrogen and oxygen atoms in total. The summed E-state index contributed by atoms with van der Waals surface area (Å²) in [5.41, 5.74) is 1.52. The smallest absolute Gasteiger partial charge is 0.253 e. The van der Waals surface area contributed by atoms with Crippen LogP contribution >= 0.6 is 0 Å². The Morgan fingerprint density at radius 1 is 1.15 bits per heavy atom. The number of rotatable bonds is 6. The SMILES string of the molecule is COc1ccc(CNC(=O)c2ccc(N3CCN(C=O)CC3)nc2)cc1. The van der Waals surface area contributed by atoms with Crippen LogP contribution in [0.3, 0.4) is 0 Å². The lowest BCUT2D eigenvalue weighted by atomic mass is 10.2. The van der Waals surface area contributed by atoms with Gasteiger partial charge in [0.25, 0.3) is 5.91 Å². The van der Waals surface area contributed by atoms with Gasteiger partial charge in [-0.3, -0.25) is 9.59 Å². The molecule has 7 heteroatoms. The minimum Gasteiger partial charge on any atom is -0.497 e. The van der Waals surface area contributed by atoms with Crippen molar-refractivity contribution in [1.29, 1.82) is 0 Å². The van der Waals surface area contributed by atoms with E-state index >= 15 is 0 Å². The highest BCUT2D eigenvalue weighted by molar-refractivity contribution is 5.94. The molecular formula is C19H22N4O3. The first kappa shape index (κ1) is 17.7. The molecule has 2 heterocycles. The van der Waals surface area contributed by atoms with E-state index in [0.717, 1.165) is 36.6 Å². The number of carbonyl (C=O) groups is 2. The number of ether oxygens (including phenoxy) is 1. The quantitative estimate of drug-likeness (QED) is 0.792. The predicted molar refractivity (Wildman–Crippen MR) is 98.3 cm³/mol. The number of anilines is 1. The van der Waals surface area contributed by atoms with Crippen molar-refractivity contribution >= 4 is 18.1 Å². The molecule has 0 radical (unpaired) electrons. The second kappa shape index (κ2) is 8.33. The topological polar surface area (TPSA) is 74.8 Å². The molecule has 26 heavy (non-hydrogen) atoms. The summed E-state index contributed by atoms with van der Waals surface area (Å²) in [6.45, 7) is 3.31. The van der Waals surface area contributed by atoms with Crippen LogP contribution in [0.4, 0.5) is 5.82 Å². The zero-order chi connectivity index (χ0) is 18.4. The van der Waals surface area contributed by atoms with E-state index in [0.29, 0.717) is 25.2 Å². The molecule has 1 aromatic heterocycles. The zero-order valence-corrected chi connectivity index (χ0v) is 14.7. The summed E-state index contributed by atoms with van der Waals surface area (Å²) in [5.74, 6) is 1.45. The van der Waals surface area contributed by atoms with Gasteiger partial charge in [0, 0.05) is 38.9 Å². The van der Waals surface area contributed by atoms with E-state index in [2.05, 4.69) is 15.2 Å². The maximum atomic E-state index is 12.3.